The van der Waals surface area contributed by atoms with Gasteiger partial charge in [-0.05, 0) is 60.7 Å². The molecule has 5 nitrogen and oxygen atoms in total. The van der Waals surface area contributed by atoms with Gasteiger partial charge >= 0.3 is 0 Å². The molecule has 0 amide bonds. The lowest BCUT2D eigenvalue weighted by Crippen LogP contribution is -2.10. The highest BCUT2D eigenvalue weighted by Crippen LogP contribution is 2.38. The topological polar surface area (TPSA) is 38.9 Å². The van der Waals surface area contributed by atoms with Crippen LogP contribution in [0, 0.1) is 0 Å². The number of rotatable bonds is 7. The number of hydrogen-bond acceptors (Lipinski definition) is 3. The van der Waals surface area contributed by atoms with Crippen LogP contribution in [0.2, 0.25) is 0 Å². The molecule has 196 valence electrons. The van der Waals surface area contributed by atoms with Gasteiger partial charge in [0.05, 0.1) is 0 Å². The quantitative estimate of drug-likeness (QED) is 0.207. The Bertz CT molecular complexity index is 1770. The van der Waals surface area contributed by atoms with E-state index >= 15 is 0 Å². The Morgan fingerprint density at radius 3 is 1.29 bits per heavy atom. The summed E-state index contributed by atoms with van der Waals surface area (Å²) in [5.41, 5.74) is 7.37. The van der Waals surface area contributed by atoms with Gasteiger partial charge in [-0.15, -0.1) is 0 Å². The van der Waals surface area contributed by atoms with E-state index in [1.165, 1.54) is 0 Å². The number of nitrogens with zero attached hydrogens (tertiary/aromatic N) is 5. The van der Waals surface area contributed by atoms with E-state index in [2.05, 4.69) is 111 Å². The molecule has 0 aliphatic heterocycles. The second-order valence-corrected chi connectivity index (χ2v) is 9.68. The SMILES string of the molecule is c1ccc(N(c2cccc(-c3nccn3-c3ccccc3)c2)c2cccc(-c3nccn3-c3ccccc3)c2)cc1. The molecular formula is C36H27N5. The first-order valence-corrected chi connectivity index (χ1v) is 13.6. The molecule has 7 rings (SSSR count). The molecule has 0 radical (unpaired) electrons. The Morgan fingerprint density at radius 2 is 0.829 bits per heavy atom. The molecule has 0 aliphatic carbocycles. The van der Waals surface area contributed by atoms with Crippen LogP contribution in [0.1, 0.15) is 0 Å². The summed E-state index contributed by atoms with van der Waals surface area (Å²) in [5, 5.41) is 0. The van der Waals surface area contributed by atoms with Gasteiger partial charge < -0.3 is 4.90 Å². The minimum absolute atomic E-state index is 0.893. The Hall–Kier alpha value is -5.68. The second-order valence-electron chi connectivity index (χ2n) is 9.68. The number of benzene rings is 5. The van der Waals surface area contributed by atoms with Crippen molar-refractivity contribution in [1.29, 1.82) is 0 Å². The van der Waals surface area contributed by atoms with E-state index in [1.54, 1.807) is 0 Å². The van der Waals surface area contributed by atoms with E-state index in [0.717, 1.165) is 51.2 Å². The molecule has 0 N–H and O–H groups in total. The Morgan fingerprint density at radius 1 is 0.415 bits per heavy atom. The molecule has 0 aliphatic rings. The summed E-state index contributed by atoms with van der Waals surface area (Å²) in [7, 11) is 0. The smallest absolute Gasteiger partial charge is 0.144 e. The molecule has 0 unspecified atom stereocenters. The first-order valence-electron chi connectivity index (χ1n) is 13.6. The van der Waals surface area contributed by atoms with Crippen molar-refractivity contribution >= 4 is 17.1 Å². The second kappa shape index (κ2) is 10.8. The van der Waals surface area contributed by atoms with Gasteiger partial charge in [-0.3, -0.25) is 9.13 Å². The zero-order valence-corrected chi connectivity index (χ0v) is 22.3. The van der Waals surface area contributed by atoms with Crippen molar-refractivity contribution in [3.05, 3.63) is 164 Å². The van der Waals surface area contributed by atoms with Crippen molar-refractivity contribution in [2.24, 2.45) is 0 Å². The molecule has 0 fully saturated rings. The van der Waals surface area contributed by atoms with E-state index in [4.69, 9.17) is 9.97 Å². The van der Waals surface area contributed by atoms with Gasteiger partial charge in [-0.1, -0.05) is 78.9 Å². The van der Waals surface area contributed by atoms with E-state index in [0.29, 0.717) is 0 Å². The highest BCUT2D eigenvalue weighted by atomic mass is 15.1. The van der Waals surface area contributed by atoms with E-state index in [1.807, 2.05) is 67.3 Å². The van der Waals surface area contributed by atoms with Gasteiger partial charge in [0, 0.05) is 64.4 Å². The standard InChI is InChI=1S/C36H27N5/c1-4-14-30(15-5-1)39-24-22-37-35(39)28-12-10-20-33(26-28)41(32-18-8-3-9-19-32)34-21-11-13-29(27-34)36-38-23-25-40(36)31-16-6-2-7-17-31/h1-27H. The van der Waals surface area contributed by atoms with Gasteiger partial charge in [-0.25, -0.2) is 9.97 Å². The zero-order valence-electron chi connectivity index (χ0n) is 22.3. The molecule has 0 saturated carbocycles. The fraction of sp³-hybridized carbons (Fsp3) is 0. The Labute approximate surface area is 239 Å². The van der Waals surface area contributed by atoms with Crippen LogP contribution < -0.4 is 4.90 Å². The minimum Gasteiger partial charge on any atom is -0.310 e. The van der Waals surface area contributed by atoms with Crippen molar-refractivity contribution in [1.82, 2.24) is 19.1 Å². The molecule has 0 atom stereocenters. The first-order chi connectivity index (χ1) is 20.3. The Kier molecular flexibility index (Phi) is 6.44. The molecule has 5 heteroatoms. The molecular weight excluding hydrogens is 502 g/mol. The summed E-state index contributed by atoms with van der Waals surface area (Å²) in [4.78, 5) is 11.7. The van der Waals surface area contributed by atoms with Gasteiger partial charge in [0.25, 0.3) is 0 Å². The number of para-hydroxylation sites is 3. The zero-order chi connectivity index (χ0) is 27.4. The number of aromatic nitrogens is 4. The van der Waals surface area contributed by atoms with Crippen LogP contribution in [0.4, 0.5) is 17.1 Å². The maximum Gasteiger partial charge on any atom is 0.144 e. The van der Waals surface area contributed by atoms with Crippen molar-refractivity contribution < 1.29 is 0 Å². The lowest BCUT2D eigenvalue weighted by molar-refractivity contribution is 1.07. The highest BCUT2D eigenvalue weighted by Gasteiger charge is 2.17. The van der Waals surface area contributed by atoms with Crippen LogP contribution in [-0.4, -0.2) is 19.1 Å². The summed E-state index contributed by atoms with van der Waals surface area (Å²) in [5.74, 6) is 1.79. The molecule has 0 spiro atoms. The van der Waals surface area contributed by atoms with Crippen LogP contribution in [0.25, 0.3) is 34.2 Å². The number of hydrogen-bond donors (Lipinski definition) is 0. The number of anilines is 3. The normalized spacial score (nSPS) is 10.9. The fourth-order valence-electron chi connectivity index (χ4n) is 5.22. The van der Waals surface area contributed by atoms with Gasteiger partial charge in [0.15, 0.2) is 0 Å². The average molecular weight is 530 g/mol. The van der Waals surface area contributed by atoms with Crippen molar-refractivity contribution in [3.63, 3.8) is 0 Å². The third-order valence-electron chi connectivity index (χ3n) is 7.09. The van der Waals surface area contributed by atoms with E-state index < -0.39 is 0 Å². The third-order valence-corrected chi connectivity index (χ3v) is 7.09. The summed E-state index contributed by atoms with van der Waals surface area (Å²) in [6, 6.07) is 48.2. The Balaban J connectivity index is 1.33. The van der Waals surface area contributed by atoms with Crippen molar-refractivity contribution in [2.45, 2.75) is 0 Å². The van der Waals surface area contributed by atoms with Crippen LogP contribution in [0.5, 0.6) is 0 Å². The maximum atomic E-state index is 4.73. The summed E-state index contributed by atoms with van der Waals surface area (Å²) < 4.78 is 4.24. The summed E-state index contributed by atoms with van der Waals surface area (Å²) in [6.45, 7) is 0. The predicted octanol–water partition coefficient (Wildman–Crippen LogP) is 8.86. The summed E-state index contributed by atoms with van der Waals surface area (Å²) >= 11 is 0. The summed E-state index contributed by atoms with van der Waals surface area (Å²) in [6.07, 6.45) is 7.71. The molecule has 2 heterocycles. The predicted molar refractivity (Wildman–Crippen MR) is 166 cm³/mol. The third kappa shape index (κ3) is 4.81. The van der Waals surface area contributed by atoms with Crippen LogP contribution >= 0.6 is 0 Å². The van der Waals surface area contributed by atoms with E-state index in [9.17, 15) is 0 Å². The number of imidazole rings is 2. The lowest BCUT2D eigenvalue weighted by Gasteiger charge is -2.26. The van der Waals surface area contributed by atoms with Crippen molar-refractivity contribution in [3.8, 4) is 34.2 Å². The first kappa shape index (κ1) is 24.4. The lowest BCUT2D eigenvalue weighted by atomic mass is 10.1. The maximum absolute atomic E-state index is 4.73. The van der Waals surface area contributed by atoms with E-state index in [-0.39, 0.29) is 0 Å². The molecule has 5 aromatic carbocycles. The molecule has 2 aromatic heterocycles. The molecule has 7 aromatic rings. The van der Waals surface area contributed by atoms with Crippen LogP contribution in [0.15, 0.2) is 164 Å². The van der Waals surface area contributed by atoms with Gasteiger partial charge in [0.2, 0.25) is 0 Å². The highest BCUT2D eigenvalue weighted by molar-refractivity contribution is 5.81. The van der Waals surface area contributed by atoms with Crippen molar-refractivity contribution in [2.75, 3.05) is 4.90 Å². The molecule has 41 heavy (non-hydrogen) atoms. The largest absolute Gasteiger partial charge is 0.310 e. The monoisotopic (exact) mass is 529 g/mol. The van der Waals surface area contributed by atoms with Crippen LogP contribution in [0.3, 0.4) is 0 Å². The van der Waals surface area contributed by atoms with Gasteiger partial charge in [-0.2, -0.15) is 0 Å². The minimum atomic E-state index is 0.893. The molecule has 0 saturated heterocycles. The fourth-order valence-corrected chi connectivity index (χ4v) is 5.22. The molecule has 0 bridgehead atoms. The van der Waals surface area contributed by atoms with Gasteiger partial charge in [0.1, 0.15) is 11.6 Å². The average Bonchev–Trinajstić information content (AvgIpc) is 3.74. The van der Waals surface area contributed by atoms with Crippen LogP contribution in [-0.2, 0) is 0 Å².